The monoisotopic (exact) mass is 249 g/mol. The maximum Gasteiger partial charge on any atom is 0.303 e. The molecule has 1 aromatic heterocycles. The van der Waals surface area contributed by atoms with Crippen LogP contribution in [-0.2, 0) is 18.3 Å². The third-order valence-electron chi connectivity index (χ3n) is 2.61. The highest BCUT2D eigenvalue weighted by Gasteiger charge is 2.12. The second-order valence-electron chi connectivity index (χ2n) is 3.90. The molecular formula is C12H12FN3O2. The number of aromatic nitrogens is 3. The molecule has 94 valence electrons. The van der Waals surface area contributed by atoms with Crippen LogP contribution in [0, 0.1) is 5.82 Å². The minimum Gasteiger partial charge on any atom is -0.481 e. The lowest BCUT2D eigenvalue weighted by molar-refractivity contribution is -0.137. The van der Waals surface area contributed by atoms with Crippen molar-refractivity contribution in [3.8, 4) is 11.4 Å². The SMILES string of the molecule is Cn1c(CCC(=O)O)nnc1-c1cccc(F)c1. The molecule has 0 saturated heterocycles. The third-order valence-corrected chi connectivity index (χ3v) is 2.61. The van der Waals surface area contributed by atoms with Gasteiger partial charge >= 0.3 is 5.97 Å². The van der Waals surface area contributed by atoms with E-state index in [4.69, 9.17) is 5.11 Å². The number of halogens is 1. The first-order valence-electron chi connectivity index (χ1n) is 5.44. The average molecular weight is 249 g/mol. The van der Waals surface area contributed by atoms with Gasteiger partial charge in [-0.25, -0.2) is 4.39 Å². The van der Waals surface area contributed by atoms with Gasteiger partial charge in [-0.3, -0.25) is 4.79 Å². The number of carboxylic acid groups (broad SMARTS) is 1. The zero-order valence-electron chi connectivity index (χ0n) is 9.80. The normalized spacial score (nSPS) is 10.6. The Morgan fingerprint density at radius 3 is 2.89 bits per heavy atom. The molecule has 1 heterocycles. The van der Waals surface area contributed by atoms with E-state index >= 15 is 0 Å². The highest BCUT2D eigenvalue weighted by molar-refractivity contribution is 5.67. The number of hydrogen-bond donors (Lipinski definition) is 1. The fraction of sp³-hybridized carbons (Fsp3) is 0.250. The van der Waals surface area contributed by atoms with Crippen LogP contribution in [0.1, 0.15) is 12.2 Å². The summed E-state index contributed by atoms with van der Waals surface area (Å²) in [7, 11) is 1.73. The molecule has 0 amide bonds. The second-order valence-corrected chi connectivity index (χ2v) is 3.90. The van der Waals surface area contributed by atoms with E-state index in [1.807, 2.05) is 0 Å². The van der Waals surface area contributed by atoms with Crippen molar-refractivity contribution in [2.75, 3.05) is 0 Å². The largest absolute Gasteiger partial charge is 0.481 e. The Labute approximate surface area is 103 Å². The number of aryl methyl sites for hydroxylation is 1. The molecule has 2 rings (SSSR count). The molecule has 18 heavy (non-hydrogen) atoms. The van der Waals surface area contributed by atoms with Crippen LogP contribution < -0.4 is 0 Å². The first-order valence-corrected chi connectivity index (χ1v) is 5.44. The lowest BCUT2D eigenvalue weighted by atomic mass is 10.2. The Morgan fingerprint density at radius 1 is 1.44 bits per heavy atom. The Kier molecular flexibility index (Phi) is 3.36. The topological polar surface area (TPSA) is 68.0 Å². The molecule has 1 N–H and O–H groups in total. The Hall–Kier alpha value is -2.24. The molecule has 0 fully saturated rings. The van der Waals surface area contributed by atoms with Gasteiger partial charge in [-0.1, -0.05) is 12.1 Å². The maximum absolute atomic E-state index is 13.1. The van der Waals surface area contributed by atoms with Crippen molar-refractivity contribution in [2.45, 2.75) is 12.8 Å². The summed E-state index contributed by atoms with van der Waals surface area (Å²) >= 11 is 0. The Balaban J connectivity index is 2.28. The van der Waals surface area contributed by atoms with E-state index < -0.39 is 5.97 Å². The highest BCUT2D eigenvalue weighted by atomic mass is 19.1. The van der Waals surface area contributed by atoms with Gasteiger partial charge in [0.2, 0.25) is 0 Å². The smallest absolute Gasteiger partial charge is 0.303 e. The van der Waals surface area contributed by atoms with E-state index in [0.29, 0.717) is 23.6 Å². The van der Waals surface area contributed by atoms with Crippen LogP contribution in [0.15, 0.2) is 24.3 Å². The molecule has 0 radical (unpaired) electrons. The van der Waals surface area contributed by atoms with Crippen LogP contribution in [0.3, 0.4) is 0 Å². The summed E-state index contributed by atoms with van der Waals surface area (Å²) in [6, 6.07) is 6.04. The molecule has 2 aromatic rings. The number of benzene rings is 1. The Morgan fingerprint density at radius 2 is 2.22 bits per heavy atom. The fourth-order valence-corrected chi connectivity index (χ4v) is 1.68. The van der Waals surface area contributed by atoms with Gasteiger partial charge in [0.25, 0.3) is 0 Å². The lowest BCUT2D eigenvalue weighted by Crippen LogP contribution is -2.04. The van der Waals surface area contributed by atoms with Crippen molar-refractivity contribution in [3.05, 3.63) is 35.9 Å². The average Bonchev–Trinajstić information content (AvgIpc) is 2.68. The number of nitrogens with zero attached hydrogens (tertiary/aromatic N) is 3. The van der Waals surface area contributed by atoms with Crippen molar-refractivity contribution >= 4 is 5.97 Å². The van der Waals surface area contributed by atoms with Gasteiger partial charge in [0.15, 0.2) is 5.82 Å². The fourth-order valence-electron chi connectivity index (χ4n) is 1.68. The molecular weight excluding hydrogens is 237 g/mol. The standard InChI is InChI=1S/C12H12FN3O2/c1-16-10(5-6-11(17)18)14-15-12(16)8-3-2-4-9(13)7-8/h2-4,7H,5-6H2,1H3,(H,17,18). The summed E-state index contributed by atoms with van der Waals surface area (Å²) in [5.41, 5.74) is 0.617. The number of rotatable bonds is 4. The van der Waals surface area contributed by atoms with Crippen LogP contribution in [0.4, 0.5) is 4.39 Å². The Bertz CT molecular complexity index is 580. The number of aliphatic carboxylic acids is 1. The first-order chi connectivity index (χ1) is 8.58. The minimum atomic E-state index is -0.884. The zero-order chi connectivity index (χ0) is 13.1. The van der Waals surface area contributed by atoms with Crippen LogP contribution in [-0.4, -0.2) is 25.8 Å². The maximum atomic E-state index is 13.1. The van der Waals surface area contributed by atoms with E-state index in [9.17, 15) is 9.18 Å². The zero-order valence-corrected chi connectivity index (χ0v) is 9.80. The molecule has 0 aliphatic carbocycles. The van der Waals surface area contributed by atoms with Gasteiger partial charge in [-0.15, -0.1) is 10.2 Å². The van der Waals surface area contributed by atoms with Crippen molar-refractivity contribution in [2.24, 2.45) is 7.05 Å². The number of carbonyl (C=O) groups is 1. The molecule has 1 aromatic carbocycles. The van der Waals surface area contributed by atoms with Crippen molar-refractivity contribution in [1.82, 2.24) is 14.8 Å². The molecule has 5 nitrogen and oxygen atoms in total. The van der Waals surface area contributed by atoms with Crippen LogP contribution in [0.5, 0.6) is 0 Å². The first kappa shape index (κ1) is 12.2. The molecule has 0 aliphatic rings. The van der Waals surface area contributed by atoms with Gasteiger partial charge in [0.05, 0.1) is 6.42 Å². The lowest BCUT2D eigenvalue weighted by Gasteiger charge is -2.03. The van der Waals surface area contributed by atoms with E-state index in [1.165, 1.54) is 12.1 Å². The van der Waals surface area contributed by atoms with Crippen LogP contribution in [0.25, 0.3) is 11.4 Å². The summed E-state index contributed by atoms with van der Waals surface area (Å²) in [5, 5.41) is 16.5. The number of carboxylic acids is 1. The molecule has 0 unspecified atom stereocenters. The van der Waals surface area contributed by atoms with Gasteiger partial charge in [0.1, 0.15) is 11.6 Å². The summed E-state index contributed by atoms with van der Waals surface area (Å²) < 4.78 is 14.8. The molecule has 0 saturated carbocycles. The van der Waals surface area contributed by atoms with Crippen LogP contribution in [0.2, 0.25) is 0 Å². The molecule has 6 heteroatoms. The van der Waals surface area contributed by atoms with E-state index in [1.54, 1.807) is 23.7 Å². The molecule has 0 bridgehead atoms. The van der Waals surface area contributed by atoms with Crippen molar-refractivity contribution in [1.29, 1.82) is 0 Å². The van der Waals surface area contributed by atoms with E-state index in [0.717, 1.165) is 0 Å². The summed E-state index contributed by atoms with van der Waals surface area (Å²) in [6.45, 7) is 0. The minimum absolute atomic E-state index is 0.00484. The number of hydrogen-bond acceptors (Lipinski definition) is 3. The van der Waals surface area contributed by atoms with Gasteiger partial charge in [0, 0.05) is 19.0 Å². The second kappa shape index (κ2) is 4.95. The summed E-state index contributed by atoms with van der Waals surface area (Å²) in [6.07, 6.45) is 0.295. The van der Waals surface area contributed by atoms with Crippen LogP contribution >= 0.6 is 0 Å². The summed E-state index contributed by atoms with van der Waals surface area (Å²) in [4.78, 5) is 10.5. The quantitative estimate of drug-likeness (QED) is 0.894. The molecule has 0 aliphatic heterocycles. The van der Waals surface area contributed by atoms with Crippen molar-refractivity contribution in [3.63, 3.8) is 0 Å². The molecule has 0 atom stereocenters. The van der Waals surface area contributed by atoms with Gasteiger partial charge in [-0.2, -0.15) is 0 Å². The molecule has 0 spiro atoms. The van der Waals surface area contributed by atoms with Crippen molar-refractivity contribution < 1.29 is 14.3 Å². The predicted octanol–water partition coefficient (Wildman–Crippen LogP) is 1.64. The van der Waals surface area contributed by atoms with Gasteiger partial charge in [-0.05, 0) is 12.1 Å². The van der Waals surface area contributed by atoms with Gasteiger partial charge < -0.3 is 9.67 Å². The van der Waals surface area contributed by atoms with E-state index in [2.05, 4.69) is 10.2 Å². The predicted molar refractivity (Wildman–Crippen MR) is 62.4 cm³/mol. The van der Waals surface area contributed by atoms with E-state index in [-0.39, 0.29) is 12.2 Å². The third kappa shape index (κ3) is 2.53. The highest BCUT2D eigenvalue weighted by Crippen LogP contribution is 2.18. The summed E-state index contributed by atoms with van der Waals surface area (Å²) in [5.74, 6) is -0.139.